The maximum absolute atomic E-state index is 12.4. The summed E-state index contributed by atoms with van der Waals surface area (Å²) in [5, 5.41) is 3.44. The average molecular weight is 246 g/mol. The van der Waals surface area contributed by atoms with Crippen molar-refractivity contribution in [3.63, 3.8) is 0 Å². The first-order chi connectivity index (χ1) is 8.77. The van der Waals surface area contributed by atoms with E-state index >= 15 is 0 Å². The molecule has 1 aliphatic heterocycles. The van der Waals surface area contributed by atoms with Crippen molar-refractivity contribution in [2.75, 3.05) is 6.54 Å². The normalized spacial score (nSPS) is 23.7. The van der Waals surface area contributed by atoms with Crippen molar-refractivity contribution in [3.8, 4) is 0 Å². The molecule has 0 bridgehead atoms. The van der Waals surface area contributed by atoms with Gasteiger partial charge in [0.1, 0.15) is 6.04 Å². The van der Waals surface area contributed by atoms with Gasteiger partial charge in [0.25, 0.3) is 0 Å². The van der Waals surface area contributed by atoms with Gasteiger partial charge in [-0.05, 0) is 18.4 Å². The van der Waals surface area contributed by atoms with Gasteiger partial charge < -0.3 is 4.90 Å². The number of nitrogens with zero attached hydrogens (tertiary/aromatic N) is 1. The van der Waals surface area contributed by atoms with Gasteiger partial charge in [0.05, 0.1) is 6.17 Å². The molecule has 0 spiro atoms. The fourth-order valence-electron chi connectivity index (χ4n) is 2.49. The molecule has 1 aromatic carbocycles. The molecule has 18 heavy (non-hydrogen) atoms. The van der Waals surface area contributed by atoms with Crippen molar-refractivity contribution in [1.82, 2.24) is 10.2 Å². The summed E-state index contributed by atoms with van der Waals surface area (Å²) >= 11 is 0. The number of benzene rings is 1. The van der Waals surface area contributed by atoms with E-state index < -0.39 is 0 Å². The number of hydrogen-bond donors (Lipinski definition) is 1. The summed E-state index contributed by atoms with van der Waals surface area (Å²) in [5.41, 5.74) is 1.07. The summed E-state index contributed by atoms with van der Waals surface area (Å²) in [4.78, 5) is 14.4. The van der Waals surface area contributed by atoms with Gasteiger partial charge in [0, 0.05) is 6.54 Å². The molecule has 1 saturated heterocycles. The van der Waals surface area contributed by atoms with Crippen LogP contribution in [0.3, 0.4) is 0 Å². The molecule has 98 valence electrons. The van der Waals surface area contributed by atoms with Crippen molar-refractivity contribution in [2.45, 2.75) is 45.3 Å². The molecule has 3 nitrogen and oxygen atoms in total. The highest BCUT2D eigenvalue weighted by atomic mass is 16.2. The second kappa shape index (κ2) is 6.01. The fraction of sp³-hybridized carbons (Fsp3) is 0.533. The second-order valence-electron chi connectivity index (χ2n) is 4.82. The number of carbonyl (C=O) groups is 1. The van der Waals surface area contributed by atoms with Crippen molar-refractivity contribution in [3.05, 3.63) is 35.9 Å². The lowest BCUT2D eigenvalue weighted by Crippen LogP contribution is -2.37. The number of nitrogens with one attached hydrogen (secondary N) is 1. The van der Waals surface area contributed by atoms with Gasteiger partial charge in [-0.1, -0.05) is 50.6 Å². The highest BCUT2D eigenvalue weighted by Gasteiger charge is 2.37. The Kier molecular flexibility index (Phi) is 4.37. The molecule has 1 heterocycles. The molecule has 2 rings (SSSR count). The molecule has 0 saturated carbocycles. The SMILES string of the molecule is CCCCN1C(=O)C(c2ccccc2)NC1CC. The molecular weight excluding hydrogens is 224 g/mol. The number of hydrogen-bond acceptors (Lipinski definition) is 2. The first-order valence-electron chi connectivity index (χ1n) is 6.89. The molecule has 2 unspecified atom stereocenters. The standard InChI is InChI=1S/C15H22N2O/c1-3-5-11-17-13(4-2)16-14(15(17)18)12-9-7-6-8-10-12/h6-10,13-14,16H,3-5,11H2,1-2H3. The molecule has 0 radical (unpaired) electrons. The van der Waals surface area contributed by atoms with Crippen LogP contribution in [0.5, 0.6) is 0 Å². The van der Waals surface area contributed by atoms with Gasteiger partial charge in [0.2, 0.25) is 5.91 Å². The minimum absolute atomic E-state index is 0.159. The second-order valence-corrected chi connectivity index (χ2v) is 4.82. The zero-order valence-electron chi connectivity index (χ0n) is 11.2. The van der Waals surface area contributed by atoms with E-state index in [-0.39, 0.29) is 18.1 Å². The third-order valence-corrected chi connectivity index (χ3v) is 3.54. The van der Waals surface area contributed by atoms with E-state index in [1.807, 2.05) is 35.2 Å². The molecule has 1 amide bonds. The Morgan fingerprint density at radius 1 is 1.22 bits per heavy atom. The topological polar surface area (TPSA) is 32.3 Å². The van der Waals surface area contributed by atoms with E-state index in [2.05, 4.69) is 19.2 Å². The maximum atomic E-state index is 12.4. The van der Waals surface area contributed by atoms with Crippen LogP contribution in [0.25, 0.3) is 0 Å². The molecule has 1 aromatic rings. The monoisotopic (exact) mass is 246 g/mol. The van der Waals surface area contributed by atoms with E-state index in [1.54, 1.807) is 0 Å². The van der Waals surface area contributed by atoms with E-state index in [1.165, 1.54) is 0 Å². The van der Waals surface area contributed by atoms with Crippen LogP contribution in [-0.4, -0.2) is 23.5 Å². The van der Waals surface area contributed by atoms with Crippen LogP contribution >= 0.6 is 0 Å². The van der Waals surface area contributed by atoms with Crippen LogP contribution in [0.4, 0.5) is 0 Å². The number of rotatable bonds is 5. The quantitative estimate of drug-likeness (QED) is 0.866. The summed E-state index contributed by atoms with van der Waals surface area (Å²) in [6.07, 6.45) is 3.34. The third kappa shape index (κ3) is 2.56. The highest BCUT2D eigenvalue weighted by Crippen LogP contribution is 2.25. The van der Waals surface area contributed by atoms with Gasteiger partial charge in [-0.2, -0.15) is 0 Å². The Bertz CT molecular complexity index is 391. The lowest BCUT2D eigenvalue weighted by atomic mass is 10.1. The molecular formula is C15H22N2O. The minimum Gasteiger partial charge on any atom is -0.325 e. The van der Waals surface area contributed by atoms with Crippen molar-refractivity contribution >= 4 is 5.91 Å². The van der Waals surface area contributed by atoms with Crippen LogP contribution in [0.2, 0.25) is 0 Å². The van der Waals surface area contributed by atoms with Gasteiger partial charge in [-0.15, -0.1) is 0 Å². The Balaban J connectivity index is 2.13. The molecule has 3 heteroatoms. The Hall–Kier alpha value is -1.35. The lowest BCUT2D eigenvalue weighted by Gasteiger charge is -2.22. The van der Waals surface area contributed by atoms with Crippen molar-refractivity contribution in [2.24, 2.45) is 0 Å². The first kappa shape index (κ1) is 13.1. The van der Waals surface area contributed by atoms with Gasteiger partial charge >= 0.3 is 0 Å². The third-order valence-electron chi connectivity index (χ3n) is 3.54. The molecule has 0 aliphatic carbocycles. The summed E-state index contributed by atoms with van der Waals surface area (Å²) in [5.74, 6) is 0.224. The predicted molar refractivity (Wildman–Crippen MR) is 73.0 cm³/mol. The maximum Gasteiger partial charge on any atom is 0.245 e. The van der Waals surface area contributed by atoms with Gasteiger partial charge in [-0.25, -0.2) is 0 Å². The fourth-order valence-corrected chi connectivity index (χ4v) is 2.49. The van der Waals surface area contributed by atoms with E-state index in [9.17, 15) is 4.79 Å². The molecule has 0 aromatic heterocycles. The van der Waals surface area contributed by atoms with Crippen LogP contribution in [0.1, 0.15) is 44.7 Å². The van der Waals surface area contributed by atoms with Crippen LogP contribution < -0.4 is 5.32 Å². The van der Waals surface area contributed by atoms with Crippen molar-refractivity contribution < 1.29 is 4.79 Å². The van der Waals surface area contributed by atoms with Crippen molar-refractivity contribution in [1.29, 1.82) is 0 Å². The molecule has 2 atom stereocenters. The molecule has 1 N–H and O–H groups in total. The van der Waals surface area contributed by atoms with E-state index in [0.717, 1.165) is 31.4 Å². The first-order valence-corrected chi connectivity index (χ1v) is 6.89. The summed E-state index contributed by atoms with van der Waals surface area (Å²) in [6.45, 7) is 5.14. The largest absolute Gasteiger partial charge is 0.325 e. The number of unbranched alkanes of at least 4 members (excludes halogenated alkanes) is 1. The number of amides is 1. The zero-order chi connectivity index (χ0) is 13.0. The molecule has 1 aliphatic rings. The van der Waals surface area contributed by atoms with Crippen LogP contribution in [0.15, 0.2) is 30.3 Å². The van der Waals surface area contributed by atoms with Crippen LogP contribution in [-0.2, 0) is 4.79 Å². The van der Waals surface area contributed by atoms with Gasteiger partial charge in [-0.3, -0.25) is 10.1 Å². The Labute approximate surface area is 109 Å². The Morgan fingerprint density at radius 3 is 2.56 bits per heavy atom. The number of carbonyl (C=O) groups excluding carboxylic acids is 1. The summed E-state index contributed by atoms with van der Waals surface area (Å²) in [7, 11) is 0. The Morgan fingerprint density at radius 2 is 1.94 bits per heavy atom. The minimum atomic E-state index is -0.159. The molecule has 1 fully saturated rings. The average Bonchev–Trinajstić information content (AvgIpc) is 2.74. The van der Waals surface area contributed by atoms with E-state index in [0.29, 0.717) is 0 Å². The lowest BCUT2D eigenvalue weighted by molar-refractivity contribution is -0.130. The summed E-state index contributed by atoms with van der Waals surface area (Å²) < 4.78 is 0. The summed E-state index contributed by atoms with van der Waals surface area (Å²) in [6, 6.07) is 9.83. The zero-order valence-corrected chi connectivity index (χ0v) is 11.2. The highest BCUT2D eigenvalue weighted by molar-refractivity contribution is 5.85. The predicted octanol–water partition coefficient (Wildman–Crippen LogP) is 2.70. The van der Waals surface area contributed by atoms with E-state index in [4.69, 9.17) is 0 Å². The van der Waals surface area contributed by atoms with Gasteiger partial charge in [0.15, 0.2) is 0 Å². The smallest absolute Gasteiger partial charge is 0.245 e. The van der Waals surface area contributed by atoms with Crippen LogP contribution in [0, 0.1) is 0 Å².